The molecule has 0 bridgehead atoms. The largest absolute Gasteiger partial charge is 0.351 e. The second-order valence-corrected chi connectivity index (χ2v) is 7.85. The van der Waals surface area contributed by atoms with E-state index in [2.05, 4.69) is 50.8 Å². The minimum atomic E-state index is -0.130. The molecule has 23 heavy (non-hydrogen) atoms. The van der Waals surface area contributed by atoms with Crippen molar-refractivity contribution in [3.8, 4) is 0 Å². The van der Waals surface area contributed by atoms with Crippen LogP contribution < -0.4 is 5.32 Å². The Kier molecular flexibility index (Phi) is 7.33. The number of nitrogens with zero attached hydrogens (tertiary/aromatic N) is 1. The zero-order valence-corrected chi connectivity index (χ0v) is 17.0. The average Bonchev–Trinajstić information content (AvgIpc) is 2.56. The number of hydrogen-bond acceptors (Lipinski definition) is 2. The topological polar surface area (TPSA) is 49.4 Å². The first-order valence-electron chi connectivity index (χ1n) is 8.05. The minimum Gasteiger partial charge on any atom is -0.351 e. The van der Waals surface area contributed by atoms with E-state index in [4.69, 9.17) is 0 Å². The van der Waals surface area contributed by atoms with Crippen molar-refractivity contribution in [1.29, 1.82) is 0 Å². The Labute approximate surface area is 159 Å². The van der Waals surface area contributed by atoms with E-state index in [-0.39, 0.29) is 11.8 Å². The third kappa shape index (κ3) is 5.17. The van der Waals surface area contributed by atoms with Gasteiger partial charge in [0.15, 0.2) is 0 Å². The second kappa shape index (κ2) is 9.01. The fourth-order valence-electron chi connectivity index (χ4n) is 2.95. The van der Waals surface area contributed by atoms with Gasteiger partial charge >= 0.3 is 0 Å². The molecule has 1 fully saturated rings. The van der Waals surface area contributed by atoms with Crippen LogP contribution in [0.25, 0.3) is 0 Å². The Morgan fingerprint density at radius 3 is 2.91 bits per heavy atom. The monoisotopic (exact) mass is 492 g/mol. The molecule has 4 nitrogen and oxygen atoms in total. The van der Waals surface area contributed by atoms with Crippen molar-refractivity contribution in [2.45, 2.75) is 45.1 Å². The number of likely N-dealkylation sites (tertiary alicyclic amines) is 1. The van der Waals surface area contributed by atoms with E-state index in [0.717, 1.165) is 33.9 Å². The number of rotatable bonds is 5. The first-order chi connectivity index (χ1) is 11.0. The molecule has 1 heterocycles. The highest BCUT2D eigenvalue weighted by molar-refractivity contribution is 14.1. The lowest BCUT2D eigenvalue weighted by molar-refractivity contribution is -0.134. The maximum absolute atomic E-state index is 12.4. The smallest absolute Gasteiger partial charge is 0.252 e. The van der Waals surface area contributed by atoms with E-state index in [0.29, 0.717) is 24.6 Å². The highest BCUT2D eigenvalue weighted by Crippen LogP contribution is 2.20. The van der Waals surface area contributed by atoms with Crippen LogP contribution in [0, 0.1) is 3.57 Å². The summed E-state index contributed by atoms with van der Waals surface area (Å²) in [5.41, 5.74) is 0.636. The Bertz CT molecular complexity index is 580. The van der Waals surface area contributed by atoms with Crippen LogP contribution >= 0.6 is 38.5 Å². The second-order valence-electron chi connectivity index (χ2n) is 5.78. The van der Waals surface area contributed by atoms with E-state index in [1.54, 1.807) is 6.07 Å². The molecule has 1 aliphatic rings. The summed E-state index contributed by atoms with van der Waals surface area (Å²) in [4.78, 5) is 26.6. The molecule has 0 radical (unpaired) electrons. The molecular weight excluding hydrogens is 471 g/mol. The summed E-state index contributed by atoms with van der Waals surface area (Å²) >= 11 is 5.52. The quantitative estimate of drug-likeness (QED) is 0.632. The van der Waals surface area contributed by atoms with E-state index >= 15 is 0 Å². The molecule has 1 atom stereocenters. The third-order valence-electron chi connectivity index (χ3n) is 4.22. The van der Waals surface area contributed by atoms with Gasteiger partial charge in [-0.3, -0.25) is 9.59 Å². The molecular formula is C17H22BrIN2O2. The first-order valence-corrected chi connectivity index (χ1v) is 9.92. The van der Waals surface area contributed by atoms with Gasteiger partial charge < -0.3 is 10.2 Å². The van der Waals surface area contributed by atoms with Gasteiger partial charge in [0, 0.05) is 33.6 Å². The predicted molar refractivity (Wildman–Crippen MR) is 103 cm³/mol. The first kappa shape index (κ1) is 18.7. The van der Waals surface area contributed by atoms with Gasteiger partial charge in [-0.2, -0.15) is 0 Å². The van der Waals surface area contributed by atoms with Crippen molar-refractivity contribution in [1.82, 2.24) is 10.2 Å². The van der Waals surface area contributed by atoms with Gasteiger partial charge in [0.05, 0.1) is 5.56 Å². The number of nitrogens with one attached hydrogen (secondary N) is 1. The van der Waals surface area contributed by atoms with Crippen LogP contribution in [0.15, 0.2) is 22.7 Å². The molecule has 1 aromatic rings. The van der Waals surface area contributed by atoms with Gasteiger partial charge in [0.2, 0.25) is 5.91 Å². The maximum atomic E-state index is 12.4. The Morgan fingerprint density at radius 2 is 2.17 bits per heavy atom. The van der Waals surface area contributed by atoms with Gasteiger partial charge in [0.1, 0.15) is 0 Å². The Balaban J connectivity index is 1.85. The summed E-state index contributed by atoms with van der Waals surface area (Å²) in [7, 11) is 0. The maximum Gasteiger partial charge on any atom is 0.252 e. The lowest BCUT2D eigenvalue weighted by atomic mass is 9.99. The highest BCUT2D eigenvalue weighted by Gasteiger charge is 2.24. The Hall–Kier alpha value is -0.630. The van der Waals surface area contributed by atoms with Crippen LogP contribution in [-0.4, -0.2) is 35.8 Å². The highest BCUT2D eigenvalue weighted by atomic mass is 127. The van der Waals surface area contributed by atoms with Crippen molar-refractivity contribution in [2.24, 2.45) is 0 Å². The fourth-order valence-corrected chi connectivity index (χ4v) is 3.89. The van der Waals surface area contributed by atoms with Crippen LogP contribution in [0.3, 0.4) is 0 Å². The molecule has 2 amide bonds. The molecule has 6 heteroatoms. The summed E-state index contributed by atoms with van der Waals surface area (Å²) in [5, 5.41) is 2.86. The number of carbonyl (C=O) groups excluding carboxylic acids is 2. The minimum absolute atomic E-state index is 0.130. The third-order valence-corrected chi connectivity index (χ3v) is 5.65. The molecule has 0 unspecified atom stereocenters. The summed E-state index contributed by atoms with van der Waals surface area (Å²) in [5.74, 6) is 0.0231. The molecule has 1 aromatic carbocycles. The lowest BCUT2D eigenvalue weighted by Gasteiger charge is -2.35. The van der Waals surface area contributed by atoms with Crippen LogP contribution in [0.4, 0.5) is 0 Å². The zero-order chi connectivity index (χ0) is 16.8. The van der Waals surface area contributed by atoms with Gasteiger partial charge in [-0.15, -0.1) is 0 Å². The summed E-state index contributed by atoms with van der Waals surface area (Å²) in [6.07, 6.45) is 4.77. The number of hydrogen-bond donors (Lipinski definition) is 1. The number of halogens is 2. The molecule has 1 N–H and O–H groups in total. The van der Waals surface area contributed by atoms with Gasteiger partial charge in [-0.25, -0.2) is 0 Å². The van der Waals surface area contributed by atoms with Crippen LogP contribution in [0.1, 0.15) is 49.4 Å². The summed E-state index contributed by atoms with van der Waals surface area (Å²) in [6.45, 7) is 3.37. The molecule has 0 saturated carbocycles. The van der Waals surface area contributed by atoms with E-state index in [9.17, 15) is 9.59 Å². The molecule has 126 valence electrons. The van der Waals surface area contributed by atoms with Crippen molar-refractivity contribution in [3.63, 3.8) is 0 Å². The van der Waals surface area contributed by atoms with E-state index < -0.39 is 0 Å². The zero-order valence-electron chi connectivity index (χ0n) is 13.3. The SMILES string of the molecule is CC[C@@H]1CCCCN1C(=O)CCNC(=O)c1cc(Br)ccc1I. The van der Waals surface area contributed by atoms with Crippen LogP contribution in [-0.2, 0) is 4.79 Å². The Morgan fingerprint density at radius 1 is 1.39 bits per heavy atom. The van der Waals surface area contributed by atoms with Crippen LogP contribution in [0.2, 0.25) is 0 Å². The number of amides is 2. The molecule has 0 aromatic heterocycles. The number of benzene rings is 1. The number of carbonyl (C=O) groups is 2. The number of piperidine rings is 1. The summed E-state index contributed by atoms with van der Waals surface area (Å²) < 4.78 is 1.77. The van der Waals surface area contributed by atoms with Crippen LogP contribution in [0.5, 0.6) is 0 Å². The predicted octanol–water partition coefficient (Wildman–Crippen LogP) is 3.96. The fraction of sp³-hybridized carbons (Fsp3) is 0.529. The van der Waals surface area contributed by atoms with E-state index in [1.165, 1.54) is 6.42 Å². The van der Waals surface area contributed by atoms with Crippen molar-refractivity contribution < 1.29 is 9.59 Å². The lowest BCUT2D eigenvalue weighted by Crippen LogP contribution is -2.44. The van der Waals surface area contributed by atoms with Crippen molar-refractivity contribution in [3.05, 3.63) is 31.8 Å². The van der Waals surface area contributed by atoms with Gasteiger partial charge in [0.25, 0.3) is 5.91 Å². The van der Waals surface area contributed by atoms with Gasteiger partial charge in [-0.1, -0.05) is 22.9 Å². The molecule has 0 aliphatic carbocycles. The summed E-state index contributed by atoms with van der Waals surface area (Å²) in [6, 6.07) is 5.97. The average molecular weight is 493 g/mol. The molecule has 0 spiro atoms. The van der Waals surface area contributed by atoms with Crippen molar-refractivity contribution >= 4 is 50.3 Å². The molecule has 1 aliphatic heterocycles. The van der Waals surface area contributed by atoms with Crippen molar-refractivity contribution in [2.75, 3.05) is 13.1 Å². The molecule has 1 saturated heterocycles. The van der Waals surface area contributed by atoms with Gasteiger partial charge in [-0.05, 0) is 66.5 Å². The normalized spacial score (nSPS) is 17.9. The van der Waals surface area contributed by atoms with E-state index in [1.807, 2.05) is 17.0 Å². The molecule has 2 rings (SSSR count). The standard InChI is InChI=1S/C17H22BrIN2O2/c1-2-13-5-3-4-10-21(13)16(22)8-9-20-17(23)14-11-12(18)6-7-15(14)19/h6-7,11,13H,2-5,8-10H2,1H3,(H,20,23)/t13-/m1/s1.